The van der Waals surface area contributed by atoms with E-state index in [1.54, 1.807) is 0 Å². The van der Waals surface area contributed by atoms with E-state index >= 15 is 0 Å². The number of aliphatic hydroxyl groups excluding tert-OH is 1. The molecule has 1 heterocycles. The van der Waals surface area contributed by atoms with E-state index in [1.165, 1.54) is 0 Å². The molecule has 1 aromatic rings. The summed E-state index contributed by atoms with van der Waals surface area (Å²) in [6.45, 7) is 8.03. The summed E-state index contributed by atoms with van der Waals surface area (Å²) in [6, 6.07) is 9.42. The molecule has 19 heavy (non-hydrogen) atoms. The van der Waals surface area contributed by atoms with Gasteiger partial charge in [-0.1, -0.05) is 30.3 Å². The molecular weight excluding hydrogens is 238 g/mol. The number of carbonyl (C=O) groups excluding carboxylic acids is 1. The lowest BCUT2D eigenvalue weighted by molar-refractivity contribution is -0.136. The Hall–Kier alpha value is -1.19. The van der Waals surface area contributed by atoms with Crippen LogP contribution in [0.3, 0.4) is 0 Å². The minimum atomic E-state index is -0.757. The van der Waals surface area contributed by atoms with Crippen LogP contribution < -0.4 is 5.32 Å². The lowest BCUT2D eigenvalue weighted by atomic mass is 9.70. The Labute approximate surface area is 115 Å². The third kappa shape index (κ3) is 2.88. The Morgan fingerprint density at radius 1 is 1.21 bits per heavy atom. The van der Waals surface area contributed by atoms with Gasteiger partial charge in [0.05, 0.1) is 12.0 Å². The quantitative estimate of drug-likeness (QED) is 0.859. The summed E-state index contributed by atoms with van der Waals surface area (Å²) in [6.07, 6.45) is -0.308. The van der Waals surface area contributed by atoms with Crippen LogP contribution in [0.1, 0.15) is 45.8 Å². The number of piperidine rings is 1. The average Bonchev–Trinajstić information content (AvgIpc) is 2.25. The maximum atomic E-state index is 12.4. The smallest absolute Gasteiger partial charge is 0.142 e. The van der Waals surface area contributed by atoms with E-state index in [4.69, 9.17) is 0 Å². The fraction of sp³-hybridized carbons (Fsp3) is 0.562. The molecule has 0 saturated carbocycles. The van der Waals surface area contributed by atoms with Crippen LogP contribution in [-0.2, 0) is 4.79 Å². The van der Waals surface area contributed by atoms with Gasteiger partial charge >= 0.3 is 0 Å². The molecule has 1 fully saturated rings. The second-order valence-corrected chi connectivity index (χ2v) is 6.71. The van der Waals surface area contributed by atoms with Gasteiger partial charge in [-0.15, -0.1) is 0 Å². The molecule has 0 amide bonds. The van der Waals surface area contributed by atoms with Crippen molar-refractivity contribution in [3.8, 4) is 0 Å². The van der Waals surface area contributed by atoms with Crippen LogP contribution in [0, 0.1) is 5.92 Å². The number of aliphatic hydroxyl groups is 1. The Bertz CT molecular complexity index is 465. The molecule has 1 aliphatic heterocycles. The van der Waals surface area contributed by atoms with Crippen LogP contribution in [-0.4, -0.2) is 22.0 Å². The highest BCUT2D eigenvalue weighted by molar-refractivity contribution is 5.85. The predicted molar refractivity (Wildman–Crippen MR) is 75.8 cm³/mol. The highest BCUT2D eigenvalue weighted by Gasteiger charge is 2.48. The predicted octanol–water partition coefficient (Wildman–Crippen LogP) is 2.46. The lowest BCUT2D eigenvalue weighted by Gasteiger charge is -2.48. The minimum absolute atomic E-state index is 0.130. The molecule has 104 valence electrons. The van der Waals surface area contributed by atoms with Crippen molar-refractivity contribution in [3.05, 3.63) is 35.9 Å². The van der Waals surface area contributed by atoms with Crippen molar-refractivity contribution in [2.24, 2.45) is 5.92 Å². The number of Topliss-reactive ketones (excluding diaryl/α,β-unsaturated/α-hetero) is 1. The van der Waals surface area contributed by atoms with Crippen molar-refractivity contribution >= 4 is 5.78 Å². The molecule has 0 spiro atoms. The molecule has 2 atom stereocenters. The van der Waals surface area contributed by atoms with Crippen LogP contribution in [0.4, 0.5) is 0 Å². The zero-order valence-corrected chi connectivity index (χ0v) is 12.1. The Morgan fingerprint density at radius 3 is 2.32 bits per heavy atom. The fourth-order valence-electron chi connectivity index (χ4n) is 3.36. The van der Waals surface area contributed by atoms with Gasteiger partial charge in [0.1, 0.15) is 5.78 Å². The fourth-order valence-corrected chi connectivity index (χ4v) is 3.36. The summed E-state index contributed by atoms with van der Waals surface area (Å²) in [7, 11) is 0. The highest BCUT2D eigenvalue weighted by atomic mass is 16.3. The summed E-state index contributed by atoms with van der Waals surface area (Å²) < 4.78 is 0. The lowest BCUT2D eigenvalue weighted by Crippen LogP contribution is -2.64. The first-order valence-corrected chi connectivity index (χ1v) is 6.78. The number of ketones is 1. The van der Waals surface area contributed by atoms with Gasteiger partial charge in [0.15, 0.2) is 0 Å². The number of rotatable bonds is 2. The maximum absolute atomic E-state index is 12.4. The van der Waals surface area contributed by atoms with Gasteiger partial charge in [0.25, 0.3) is 0 Å². The summed E-state index contributed by atoms with van der Waals surface area (Å²) in [5.74, 6) is -0.284. The van der Waals surface area contributed by atoms with Gasteiger partial charge in [-0.25, -0.2) is 0 Å². The van der Waals surface area contributed by atoms with E-state index in [-0.39, 0.29) is 11.3 Å². The van der Waals surface area contributed by atoms with Crippen molar-refractivity contribution < 1.29 is 9.90 Å². The second-order valence-electron chi connectivity index (χ2n) is 6.71. The van der Waals surface area contributed by atoms with E-state index in [9.17, 15) is 9.90 Å². The summed E-state index contributed by atoms with van der Waals surface area (Å²) in [5.41, 5.74) is 0.164. The van der Waals surface area contributed by atoms with E-state index in [2.05, 4.69) is 5.32 Å². The molecule has 0 bridgehead atoms. The van der Waals surface area contributed by atoms with Gasteiger partial charge in [0, 0.05) is 17.5 Å². The number of hydrogen-bond donors (Lipinski definition) is 2. The molecule has 3 heteroatoms. The molecule has 0 radical (unpaired) electrons. The average molecular weight is 261 g/mol. The molecule has 0 aliphatic carbocycles. The summed E-state index contributed by atoms with van der Waals surface area (Å²) >= 11 is 0. The molecule has 2 rings (SSSR count). The maximum Gasteiger partial charge on any atom is 0.142 e. The van der Waals surface area contributed by atoms with Crippen molar-refractivity contribution in [3.63, 3.8) is 0 Å². The first-order chi connectivity index (χ1) is 8.73. The van der Waals surface area contributed by atoms with E-state index in [0.717, 1.165) is 5.56 Å². The molecule has 1 aliphatic rings. The largest absolute Gasteiger partial charge is 0.388 e. The van der Waals surface area contributed by atoms with Gasteiger partial charge in [-0.2, -0.15) is 0 Å². The molecule has 3 nitrogen and oxygen atoms in total. The van der Waals surface area contributed by atoms with Gasteiger partial charge in [-0.3, -0.25) is 4.79 Å². The minimum Gasteiger partial charge on any atom is -0.388 e. The van der Waals surface area contributed by atoms with Crippen molar-refractivity contribution in [1.82, 2.24) is 5.32 Å². The zero-order valence-electron chi connectivity index (χ0n) is 12.1. The third-order valence-corrected chi connectivity index (χ3v) is 3.86. The number of carbonyl (C=O) groups is 1. The highest BCUT2D eigenvalue weighted by Crippen LogP contribution is 2.38. The van der Waals surface area contributed by atoms with Crippen LogP contribution in [0.2, 0.25) is 0 Å². The SMILES string of the molecule is CC1(C)CC(=O)[C@@H]([C@H](O)c2ccccc2)C(C)(C)N1. The molecule has 0 unspecified atom stereocenters. The van der Waals surface area contributed by atoms with E-state index < -0.39 is 17.6 Å². The molecule has 0 aromatic heterocycles. The zero-order chi connectivity index (χ0) is 14.3. The van der Waals surface area contributed by atoms with Gasteiger partial charge in [0.2, 0.25) is 0 Å². The van der Waals surface area contributed by atoms with Crippen molar-refractivity contribution in [2.75, 3.05) is 0 Å². The van der Waals surface area contributed by atoms with Crippen molar-refractivity contribution in [1.29, 1.82) is 0 Å². The van der Waals surface area contributed by atoms with Crippen molar-refractivity contribution in [2.45, 2.75) is 51.3 Å². The number of nitrogens with one attached hydrogen (secondary N) is 1. The van der Waals surface area contributed by atoms with Gasteiger partial charge < -0.3 is 10.4 Å². The normalized spacial score (nSPS) is 27.0. The summed E-state index contributed by atoms with van der Waals surface area (Å²) in [5, 5.41) is 14.0. The third-order valence-electron chi connectivity index (χ3n) is 3.86. The van der Waals surface area contributed by atoms with Crippen LogP contribution in [0.15, 0.2) is 30.3 Å². The number of hydrogen-bond acceptors (Lipinski definition) is 3. The first kappa shape index (κ1) is 14.2. The molecular formula is C16H23NO2. The van der Waals surface area contributed by atoms with Crippen LogP contribution in [0.5, 0.6) is 0 Å². The van der Waals surface area contributed by atoms with Crippen LogP contribution in [0.25, 0.3) is 0 Å². The monoisotopic (exact) mass is 261 g/mol. The van der Waals surface area contributed by atoms with Crippen LogP contribution >= 0.6 is 0 Å². The molecule has 1 aromatic carbocycles. The topological polar surface area (TPSA) is 49.3 Å². The Morgan fingerprint density at radius 2 is 1.79 bits per heavy atom. The van der Waals surface area contributed by atoms with E-state index in [0.29, 0.717) is 6.42 Å². The Balaban J connectivity index is 2.31. The first-order valence-electron chi connectivity index (χ1n) is 6.78. The molecule has 1 saturated heterocycles. The van der Waals surface area contributed by atoms with E-state index in [1.807, 2.05) is 58.0 Å². The second kappa shape index (κ2) is 4.73. The standard InChI is InChI=1S/C16H23NO2/c1-15(2)10-12(18)13(16(3,4)17-15)14(19)11-8-6-5-7-9-11/h5-9,13-14,17,19H,10H2,1-4H3/t13-,14+/m0/s1. The summed E-state index contributed by atoms with van der Waals surface area (Å²) in [4.78, 5) is 12.4. The molecule has 2 N–H and O–H groups in total. The van der Waals surface area contributed by atoms with Gasteiger partial charge in [-0.05, 0) is 33.3 Å². The Kier molecular flexibility index (Phi) is 3.54. The number of benzene rings is 1.